The lowest BCUT2D eigenvalue weighted by atomic mass is 9.82. The first-order valence-electron chi connectivity index (χ1n) is 16.2. The molecular weight excluding hydrogens is 571 g/mol. The van der Waals surface area contributed by atoms with Crippen LogP contribution in [0.4, 0.5) is 0 Å². The molecule has 0 saturated heterocycles. The third-order valence-electron chi connectivity index (χ3n) is 9.38. The van der Waals surface area contributed by atoms with E-state index in [1.54, 1.807) is 0 Å². The lowest BCUT2D eigenvalue weighted by Crippen LogP contribution is -2.01. The second kappa shape index (κ2) is 11.1. The molecular formula is C44H31N3. The third-order valence-corrected chi connectivity index (χ3v) is 9.38. The Kier molecular flexibility index (Phi) is 6.43. The van der Waals surface area contributed by atoms with Crippen molar-refractivity contribution >= 4 is 43.4 Å². The van der Waals surface area contributed by atoms with E-state index in [0.717, 1.165) is 40.2 Å². The van der Waals surface area contributed by atoms with Crippen LogP contribution in [0.3, 0.4) is 0 Å². The third kappa shape index (κ3) is 4.35. The molecule has 0 radical (unpaired) electrons. The first-order valence-corrected chi connectivity index (χ1v) is 16.2. The highest BCUT2D eigenvalue weighted by atomic mass is 15.1. The maximum Gasteiger partial charge on any atom is 0.114 e. The molecule has 0 N–H and O–H groups in total. The van der Waals surface area contributed by atoms with Gasteiger partial charge in [-0.1, -0.05) is 128 Å². The van der Waals surface area contributed by atoms with Crippen molar-refractivity contribution in [2.24, 2.45) is 0 Å². The zero-order valence-corrected chi connectivity index (χ0v) is 26.1. The molecule has 0 amide bonds. The number of aryl methyl sites for hydroxylation is 1. The van der Waals surface area contributed by atoms with Gasteiger partial charge in [0.1, 0.15) is 5.82 Å². The van der Waals surface area contributed by atoms with Crippen LogP contribution >= 0.6 is 0 Å². The van der Waals surface area contributed by atoms with Gasteiger partial charge in [-0.3, -0.25) is 9.55 Å². The standard InChI is InChI=1S/C44H31N3/c1-2-41-46-38-23-13-14-24-40(38)47(41)31-25-26-45-39(27-31)37-28-36(29-15-5-3-6-16-29)43-34-21-11-9-19-32(34)33-20-10-12-22-35(33)44(43)42(37)30-17-7-4-8-18-30/h3-28H,2H2,1H3. The number of imidazole rings is 1. The molecule has 0 fully saturated rings. The molecule has 2 heterocycles. The Balaban J connectivity index is 1.46. The predicted molar refractivity (Wildman–Crippen MR) is 197 cm³/mol. The highest BCUT2D eigenvalue weighted by molar-refractivity contribution is 6.32. The van der Waals surface area contributed by atoms with Gasteiger partial charge in [-0.15, -0.1) is 0 Å². The number of para-hydroxylation sites is 2. The van der Waals surface area contributed by atoms with Crippen LogP contribution in [-0.2, 0) is 6.42 Å². The monoisotopic (exact) mass is 601 g/mol. The van der Waals surface area contributed by atoms with Crippen molar-refractivity contribution in [1.29, 1.82) is 0 Å². The van der Waals surface area contributed by atoms with Crippen molar-refractivity contribution in [2.75, 3.05) is 0 Å². The van der Waals surface area contributed by atoms with Gasteiger partial charge in [0.25, 0.3) is 0 Å². The van der Waals surface area contributed by atoms with Gasteiger partial charge in [-0.2, -0.15) is 0 Å². The van der Waals surface area contributed by atoms with Gasteiger partial charge in [0.2, 0.25) is 0 Å². The van der Waals surface area contributed by atoms with Gasteiger partial charge in [0, 0.05) is 18.2 Å². The van der Waals surface area contributed by atoms with E-state index in [1.807, 2.05) is 6.20 Å². The maximum absolute atomic E-state index is 5.09. The molecule has 222 valence electrons. The number of hydrogen-bond donors (Lipinski definition) is 0. The zero-order chi connectivity index (χ0) is 31.3. The van der Waals surface area contributed by atoms with Crippen LogP contribution < -0.4 is 0 Å². The van der Waals surface area contributed by atoms with Crippen molar-refractivity contribution < 1.29 is 0 Å². The summed E-state index contributed by atoms with van der Waals surface area (Å²) < 4.78 is 2.28. The quantitative estimate of drug-likeness (QED) is 0.184. The number of benzene rings is 7. The lowest BCUT2D eigenvalue weighted by molar-refractivity contribution is 0.907. The Morgan fingerprint density at radius 3 is 1.83 bits per heavy atom. The molecule has 2 aromatic heterocycles. The van der Waals surface area contributed by atoms with E-state index in [1.165, 1.54) is 54.6 Å². The van der Waals surface area contributed by atoms with Gasteiger partial charge in [0.05, 0.1) is 22.4 Å². The van der Waals surface area contributed by atoms with Crippen LogP contribution in [0.1, 0.15) is 12.7 Å². The molecule has 0 aliphatic heterocycles. The molecule has 0 saturated carbocycles. The summed E-state index contributed by atoms with van der Waals surface area (Å²) in [5.41, 5.74) is 9.94. The summed E-state index contributed by atoms with van der Waals surface area (Å²) in [6, 6.07) is 54.4. The Labute approximate surface area is 273 Å². The smallest absolute Gasteiger partial charge is 0.114 e. The molecule has 0 spiro atoms. The molecule has 47 heavy (non-hydrogen) atoms. The highest BCUT2D eigenvalue weighted by Gasteiger charge is 2.22. The van der Waals surface area contributed by atoms with Gasteiger partial charge < -0.3 is 0 Å². The number of aromatic nitrogens is 3. The molecule has 0 atom stereocenters. The topological polar surface area (TPSA) is 30.7 Å². The molecule has 9 aromatic rings. The highest BCUT2D eigenvalue weighted by Crippen LogP contribution is 2.48. The lowest BCUT2D eigenvalue weighted by Gasteiger charge is -2.21. The van der Waals surface area contributed by atoms with E-state index in [4.69, 9.17) is 9.97 Å². The minimum atomic E-state index is 0.828. The van der Waals surface area contributed by atoms with E-state index in [9.17, 15) is 0 Å². The Bertz CT molecular complexity index is 2600. The van der Waals surface area contributed by atoms with Crippen LogP contribution in [0.25, 0.3) is 82.5 Å². The largest absolute Gasteiger partial charge is 0.296 e. The second-order valence-corrected chi connectivity index (χ2v) is 12.0. The van der Waals surface area contributed by atoms with Gasteiger partial charge >= 0.3 is 0 Å². The average Bonchev–Trinajstić information content (AvgIpc) is 3.54. The Hall–Kier alpha value is -6.06. The number of rotatable bonds is 5. The molecule has 0 unspecified atom stereocenters. The predicted octanol–water partition coefficient (Wildman–Crippen LogP) is 11.4. The zero-order valence-electron chi connectivity index (χ0n) is 26.1. The SMILES string of the molecule is CCc1nc2ccccc2n1-c1ccnc(-c2cc(-c3ccccc3)c3c4ccccc4c4ccccc4c3c2-c2ccccc2)c1. The summed E-state index contributed by atoms with van der Waals surface area (Å²) in [7, 11) is 0. The van der Waals surface area contributed by atoms with Crippen LogP contribution in [0, 0.1) is 0 Å². The minimum absolute atomic E-state index is 0.828. The summed E-state index contributed by atoms with van der Waals surface area (Å²) in [5, 5.41) is 7.52. The van der Waals surface area contributed by atoms with Crippen molar-refractivity contribution in [3.63, 3.8) is 0 Å². The van der Waals surface area contributed by atoms with Crippen molar-refractivity contribution in [2.45, 2.75) is 13.3 Å². The second-order valence-electron chi connectivity index (χ2n) is 12.0. The summed E-state index contributed by atoms with van der Waals surface area (Å²) in [6.07, 6.45) is 2.77. The minimum Gasteiger partial charge on any atom is -0.296 e. The van der Waals surface area contributed by atoms with E-state index >= 15 is 0 Å². The van der Waals surface area contributed by atoms with Crippen LogP contribution in [0.5, 0.6) is 0 Å². The normalized spacial score (nSPS) is 11.6. The van der Waals surface area contributed by atoms with E-state index in [2.05, 4.69) is 163 Å². The van der Waals surface area contributed by atoms with Gasteiger partial charge in [-0.05, 0) is 84.9 Å². The molecule has 7 aromatic carbocycles. The van der Waals surface area contributed by atoms with E-state index < -0.39 is 0 Å². The number of hydrogen-bond acceptors (Lipinski definition) is 2. The summed E-state index contributed by atoms with van der Waals surface area (Å²) in [4.78, 5) is 10.1. The van der Waals surface area contributed by atoms with E-state index in [0.29, 0.717) is 0 Å². The average molecular weight is 602 g/mol. The fourth-order valence-electron chi connectivity index (χ4n) is 7.36. The summed E-state index contributed by atoms with van der Waals surface area (Å²) in [6.45, 7) is 2.16. The molecule has 0 aliphatic carbocycles. The Morgan fingerprint density at radius 2 is 1.13 bits per heavy atom. The maximum atomic E-state index is 5.09. The fourth-order valence-corrected chi connectivity index (χ4v) is 7.36. The van der Waals surface area contributed by atoms with Crippen LogP contribution in [0.2, 0.25) is 0 Å². The first-order chi connectivity index (χ1) is 23.3. The number of fused-ring (bicyclic) bond motifs is 7. The van der Waals surface area contributed by atoms with Crippen LogP contribution in [-0.4, -0.2) is 14.5 Å². The summed E-state index contributed by atoms with van der Waals surface area (Å²) in [5.74, 6) is 1.03. The first kappa shape index (κ1) is 27.3. The van der Waals surface area contributed by atoms with Crippen LogP contribution in [0.15, 0.2) is 158 Å². The summed E-state index contributed by atoms with van der Waals surface area (Å²) >= 11 is 0. The molecule has 3 nitrogen and oxygen atoms in total. The molecule has 9 rings (SSSR count). The van der Waals surface area contributed by atoms with Gasteiger partial charge in [-0.25, -0.2) is 4.98 Å². The Morgan fingerprint density at radius 1 is 0.532 bits per heavy atom. The number of nitrogens with zero attached hydrogens (tertiary/aromatic N) is 3. The number of pyridine rings is 1. The van der Waals surface area contributed by atoms with Crippen molar-refractivity contribution in [3.05, 3.63) is 164 Å². The molecule has 0 aliphatic rings. The molecule has 0 bridgehead atoms. The molecule has 3 heteroatoms. The van der Waals surface area contributed by atoms with E-state index in [-0.39, 0.29) is 0 Å². The van der Waals surface area contributed by atoms with Crippen molar-refractivity contribution in [1.82, 2.24) is 14.5 Å². The fraction of sp³-hybridized carbons (Fsp3) is 0.0455. The van der Waals surface area contributed by atoms with Gasteiger partial charge in [0.15, 0.2) is 0 Å². The van der Waals surface area contributed by atoms with Crippen molar-refractivity contribution in [3.8, 4) is 39.2 Å².